The van der Waals surface area contributed by atoms with E-state index < -0.39 is 0 Å². The van der Waals surface area contributed by atoms with Crippen LogP contribution in [0.3, 0.4) is 0 Å². The number of nitrogens with one attached hydrogen (secondary N) is 1. The molecule has 1 N–H and O–H groups in total. The minimum absolute atomic E-state index is 0.0457. The van der Waals surface area contributed by atoms with Gasteiger partial charge >= 0.3 is 6.03 Å². The molecule has 2 amide bonds. The maximum Gasteiger partial charge on any atom is 0.317 e. The highest BCUT2D eigenvalue weighted by Crippen LogP contribution is 2.19. The zero-order valence-electron chi connectivity index (χ0n) is 15.5. The Hall–Kier alpha value is -3.16. The first-order valence-corrected chi connectivity index (χ1v) is 9.45. The van der Waals surface area contributed by atoms with Crippen LogP contribution in [0.5, 0.6) is 0 Å². The second kappa shape index (κ2) is 8.24. The summed E-state index contributed by atoms with van der Waals surface area (Å²) in [5.41, 5.74) is 1.67. The van der Waals surface area contributed by atoms with E-state index in [1.807, 2.05) is 23.6 Å². The predicted octanol–water partition coefficient (Wildman–Crippen LogP) is 2.83. The number of hydrogen-bond acceptors (Lipinski definition) is 3. The van der Waals surface area contributed by atoms with Crippen LogP contribution in [0.2, 0.25) is 0 Å². The number of likely N-dealkylation sites (tertiary alicyclic amines) is 1. The van der Waals surface area contributed by atoms with Crippen LogP contribution < -0.4 is 5.32 Å². The lowest BCUT2D eigenvalue weighted by molar-refractivity contribution is 0.165. The van der Waals surface area contributed by atoms with Crippen LogP contribution in [-0.4, -0.2) is 43.4 Å². The van der Waals surface area contributed by atoms with Crippen LogP contribution in [0.15, 0.2) is 55.4 Å². The molecule has 8 heteroatoms. The Labute approximate surface area is 162 Å². The van der Waals surface area contributed by atoms with Crippen molar-refractivity contribution in [2.24, 2.45) is 5.92 Å². The maximum atomic E-state index is 13.0. The Morgan fingerprint density at radius 2 is 2.00 bits per heavy atom. The molecule has 0 radical (unpaired) electrons. The Balaban J connectivity index is 1.24. The fourth-order valence-electron chi connectivity index (χ4n) is 3.49. The number of nitrogens with zero attached hydrogens (tertiary/aromatic N) is 5. The number of carbonyl (C=O) groups is 1. The quantitative estimate of drug-likeness (QED) is 0.738. The number of imidazole rings is 1. The average Bonchev–Trinajstić information content (AvgIpc) is 3.39. The summed E-state index contributed by atoms with van der Waals surface area (Å²) in [6.07, 6.45) is 11.1. The van der Waals surface area contributed by atoms with E-state index in [0.717, 1.165) is 43.7 Å². The van der Waals surface area contributed by atoms with Gasteiger partial charge in [0.2, 0.25) is 0 Å². The summed E-state index contributed by atoms with van der Waals surface area (Å²) in [4.78, 5) is 18.4. The second-order valence-electron chi connectivity index (χ2n) is 7.12. The van der Waals surface area contributed by atoms with Crippen LogP contribution in [0.25, 0.3) is 5.69 Å². The van der Waals surface area contributed by atoms with E-state index in [9.17, 15) is 9.18 Å². The molecule has 146 valence electrons. The molecule has 0 spiro atoms. The molecule has 1 aromatic carbocycles. The third kappa shape index (κ3) is 4.39. The normalized spacial score (nSPS) is 15.0. The van der Waals surface area contributed by atoms with E-state index in [4.69, 9.17) is 0 Å². The van der Waals surface area contributed by atoms with Gasteiger partial charge in [-0.2, -0.15) is 5.10 Å². The first-order chi connectivity index (χ1) is 13.7. The van der Waals surface area contributed by atoms with Crippen molar-refractivity contribution in [3.63, 3.8) is 0 Å². The Morgan fingerprint density at radius 3 is 2.71 bits per heavy atom. The molecular formula is C20H23FN6O. The standard InChI is InChI=1S/C20H23FN6O/c21-18-1-3-19(4-2-18)27-14-17(12-24-27)11-23-20(28)26-8-5-16(6-9-26)13-25-10-7-22-15-25/h1-4,7,10,12,14-16H,5-6,8-9,11,13H2,(H,23,28). The lowest BCUT2D eigenvalue weighted by Crippen LogP contribution is -2.44. The Kier molecular flexibility index (Phi) is 5.36. The maximum absolute atomic E-state index is 13.0. The van der Waals surface area contributed by atoms with Crippen LogP contribution in [0.1, 0.15) is 18.4 Å². The number of halogens is 1. The van der Waals surface area contributed by atoms with E-state index >= 15 is 0 Å². The molecule has 2 aromatic heterocycles. The zero-order valence-corrected chi connectivity index (χ0v) is 15.5. The van der Waals surface area contributed by atoms with Gasteiger partial charge in [-0.05, 0) is 43.0 Å². The van der Waals surface area contributed by atoms with E-state index in [0.29, 0.717) is 12.5 Å². The first kappa shape index (κ1) is 18.2. The summed E-state index contributed by atoms with van der Waals surface area (Å²) < 4.78 is 16.8. The third-order valence-electron chi connectivity index (χ3n) is 5.10. The van der Waals surface area contributed by atoms with Crippen molar-refractivity contribution in [3.05, 3.63) is 66.8 Å². The average molecular weight is 382 g/mol. The SMILES string of the molecule is O=C(NCc1cnn(-c2ccc(F)cc2)c1)N1CCC(Cn2ccnc2)CC1. The van der Waals surface area contributed by atoms with Crippen LogP contribution >= 0.6 is 0 Å². The van der Waals surface area contributed by atoms with Gasteiger partial charge in [0.15, 0.2) is 0 Å². The number of urea groups is 1. The molecule has 1 aliphatic rings. The van der Waals surface area contributed by atoms with Crippen molar-refractivity contribution in [2.45, 2.75) is 25.9 Å². The van der Waals surface area contributed by atoms with Gasteiger partial charge in [-0.15, -0.1) is 0 Å². The molecule has 3 heterocycles. The molecule has 3 aromatic rings. The van der Waals surface area contributed by atoms with Crippen molar-refractivity contribution in [3.8, 4) is 5.69 Å². The van der Waals surface area contributed by atoms with Gasteiger partial charge in [0.25, 0.3) is 0 Å². The number of carbonyl (C=O) groups excluding carboxylic acids is 1. The van der Waals surface area contributed by atoms with E-state index in [1.165, 1.54) is 12.1 Å². The molecule has 1 aliphatic heterocycles. The van der Waals surface area contributed by atoms with E-state index in [2.05, 4.69) is 20.0 Å². The van der Waals surface area contributed by atoms with Crippen LogP contribution in [0.4, 0.5) is 9.18 Å². The molecule has 28 heavy (non-hydrogen) atoms. The summed E-state index contributed by atoms with van der Waals surface area (Å²) in [7, 11) is 0. The second-order valence-corrected chi connectivity index (χ2v) is 7.12. The molecule has 0 saturated carbocycles. The number of aromatic nitrogens is 4. The van der Waals surface area contributed by atoms with Crippen molar-refractivity contribution in [1.82, 2.24) is 29.5 Å². The molecule has 0 unspecified atom stereocenters. The van der Waals surface area contributed by atoms with Crippen LogP contribution in [-0.2, 0) is 13.1 Å². The van der Waals surface area contributed by atoms with Gasteiger partial charge in [-0.3, -0.25) is 0 Å². The summed E-state index contributed by atoms with van der Waals surface area (Å²) in [6.45, 7) is 2.90. The monoisotopic (exact) mass is 382 g/mol. The lowest BCUT2D eigenvalue weighted by atomic mass is 9.97. The molecule has 1 fully saturated rings. The van der Waals surface area contributed by atoms with Gasteiger partial charge in [-0.1, -0.05) is 0 Å². The first-order valence-electron chi connectivity index (χ1n) is 9.45. The van der Waals surface area contributed by atoms with Crippen molar-refractivity contribution in [1.29, 1.82) is 0 Å². The highest BCUT2D eigenvalue weighted by atomic mass is 19.1. The fraction of sp³-hybridized carbons (Fsp3) is 0.350. The number of piperidine rings is 1. The molecule has 7 nitrogen and oxygen atoms in total. The topological polar surface area (TPSA) is 68.0 Å². The molecule has 1 saturated heterocycles. The highest BCUT2D eigenvalue weighted by Gasteiger charge is 2.22. The molecule has 0 bridgehead atoms. The number of hydrogen-bond donors (Lipinski definition) is 1. The smallest absolute Gasteiger partial charge is 0.317 e. The molecular weight excluding hydrogens is 359 g/mol. The Bertz CT molecular complexity index is 897. The summed E-state index contributed by atoms with van der Waals surface area (Å²) in [6, 6.07) is 6.08. The molecule has 0 atom stereocenters. The van der Waals surface area contributed by atoms with Gasteiger partial charge in [0.05, 0.1) is 18.2 Å². The molecule has 4 rings (SSSR count). The summed E-state index contributed by atoms with van der Waals surface area (Å²) in [5, 5.41) is 7.24. The van der Waals surface area contributed by atoms with Gasteiger partial charge in [0, 0.05) is 50.3 Å². The van der Waals surface area contributed by atoms with Crippen molar-refractivity contribution in [2.75, 3.05) is 13.1 Å². The zero-order chi connectivity index (χ0) is 19.3. The van der Waals surface area contributed by atoms with Crippen LogP contribution in [0, 0.1) is 11.7 Å². The van der Waals surface area contributed by atoms with Gasteiger partial charge in [-0.25, -0.2) is 18.9 Å². The Morgan fingerprint density at radius 1 is 1.21 bits per heavy atom. The van der Waals surface area contributed by atoms with Gasteiger partial charge < -0.3 is 14.8 Å². The minimum Gasteiger partial charge on any atom is -0.337 e. The fourth-order valence-corrected chi connectivity index (χ4v) is 3.49. The van der Waals surface area contributed by atoms with E-state index in [1.54, 1.807) is 29.2 Å². The minimum atomic E-state index is -0.280. The number of amides is 2. The van der Waals surface area contributed by atoms with Gasteiger partial charge in [0.1, 0.15) is 5.82 Å². The predicted molar refractivity (Wildman–Crippen MR) is 102 cm³/mol. The third-order valence-corrected chi connectivity index (χ3v) is 5.10. The van der Waals surface area contributed by atoms with E-state index in [-0.39, 0.29) is 11.8 Å². The molecule has 0 aliphatic carbocycles. The largest absolute Gasteiger partial charge is 0.337 e. The highest BCUT2D eigenvalue weighted by molar-refractivity contribution is 5.74. The lowest BCUT2D eigenvalue weighted by Gasteiger charge is -2.32. The van der Waals surface area contributed by atoms with Crippen molar-refractivity contribution >= 4 is 6.03 Å². The summed E-state index contributed by atoms with van der Waals surface area (Å²) >= 11 is 0. The number of rotatable bonds is 5. The summed E-state index contributed by atoms with van der Waals surface area (Å²) in [5.74, 6) is 0.296. The van der Waals surface area contributed by atoms with Crippen molar-refractivity contribution < 1.29 is 9.18 Å². The number of benzene rings is 1.